The smallest absolute Gasteiger partial charge is 0.344 e. The Morgan fingerprint density at radius 3 is 1.00 bits per heavy atom. The molecule has 0 aromatic heterocycles. The molecule has 0 aromatic rings. The van der Waals surface area contributed by atoms with E-state index < -0.39 is 10.4 Å². The Bertz CT molecular complexity index is 94.5. The van der Waals surface area contributed by atoms with Crippen LogP contribution in [-0.4, -0.2) is 17.5 Å². The maximum atomic E-state index is 8.74. The van der Waals surface area contributed by atoms with Gasteiger partial charge in [0.2, 0.25) is 0 Å². The van der Waals surface area contributed by atoms with E-state index in [1.807, 2.05) is 0 Å². The van der Waals surface area contributed by atoms with Gasteiger partial charge in [0.25, 0.3) is 0 Å². The van der Waals surface area contributed by atoms with Crippen molar-refractivity contribution < 1.29 is 17.5 Å². The van der Waals surface area contributed by atoms with Crippen molar-refractivity contribution in [1.29, 1.82) is 0 Å². The van der Waals surface area contributed by atoms with Crippen LogP contribution < -0.4 is 6.15 Å². The third-order valence-electron chi connectivity index (χ3n) is 0. The molecule has 0 aliphatic heterocycles. The molecule has 0 spiro atoms. The first-order chi connectivity index (χ1) is 2.00. The number of hydrogen-bond acceptors (Lipinski definition) is 3. The summed E-state index contributed by atoms with van der Waals surface area (Å²) in [5.74, 6) is 0. The minimum Gasteiger partial charge on any atom is -0.344 e. The summed E-state index contributed by atoms with van der Waals surface area (Å²) in [6, 6.07) is 0. The van der Waals surface area contributed by atoms with Crippen molar-refractivity contribution >= 4 is 37.4 Å². The van der Waals surface area contributed by atoms with Crippen molar-refractivity contribution in [3.8, 4) is 0 Å². The lowest BCUT2D eigenvalue weighted by Crippen LogP contribution is -1.89. The van der Waals surface area contributed by atoms with Crippen molar-refractivity contribution in [3.05, 3.63) is 0 Å². The maximum absolute atomic E-state index is 8.74. The Morgan fingerprint density at radius 2 is 1.00 bits per heavy atom. The van der Waals surface area contributed by atoms with Crippen LogP contribution in [0.15, 0.2) is 0 Å². The Hall–Kier alpha value is 0.530. The summed E-state index contributed by atoms with van der Waals surface area (Å²) in [6.07, 6.45) is 0. The zero-order valence-electron chi connectivity index (χ0n) is 3.83. The van der Waals surface area contributed by atoms with Crippen molar-refractivity contribution in [2.75, 3.05) is 0 Å². The van der Waals surface area contributed by atoms with Gasteiger partial charge >= 0.3 is 10.4 Å². The summed E-state index contributed by atoms with van der Waals surface area (Å²) in [6.45, 7) is 0. The van der Waals surface area contributed by atoms with Crippen LogP contribution >= 0.6 is 27.0 Å². The zero-order chi connectivity index (χ0) is 4.50. The molecule has 56 valence electrons. The highest BCUT2D eigenvalue weighted by Gasteiger charge is 1.84. The lowest BCUT2D eigenvalue weighted by atomic mass is 14.0. The lowest BCUT2D eigenvalue weighted by molar-refractivity contribution is 0.381. The quantitative estimate of drug-likeness (QED) is 0.448. The average Bonchev–Trinajstić information content (AvgIpc) is 0.722. The molecule has 5 N–H and O–H groups in total. The highest BCUT2D eigenvalue weighted by atomic mass is 32.3. The Morgan fingerprint density at radius 1 is 1.00 bits per heavy atom. The number of hydrogen-bond donors (Lipinski definition) is 3. The van der Waals surface area contributed by atoms with Gasteiger partial charge in [-0.15, -0.1) is 0 Å². The van der Waals surface area contributed by atoms with E-state index in [-0.39, 0.29) is 33.1 Å². The maximum Gasteiger partial charge on any atom is 0.394 e. The minimum absolute atomic E-state index is 0. The Balaban J connectivity index is -0.0000000267. The molecule has 0 radical (unpaired) electrons. The molecule has 8 heavy (non-hydrogen) atoms. The van der Waals surface area contributed by atoms with E-state index in [4.69, 9.17) is 17.5 Å². The van der Waals surface area contributed by atoms with Gasteiger partial charge in [-0.05, 0) is 0 Å². The summed E-state index contributed by atoms with van der Waals surface area (Å²) in [5, 5.41) is 0. The van der Waals surface area contributed by atoms with Gasteiger partial charge in [0, 0.05) is 0 Å². The van der Waals surface area contributed by atoms with E-state index in [0.29, 0.717) is 0 Å². The van der Waals surface area contributed by atoms with Crippen LogP contribution in [0.3, 0.4) is 0 Å². The first-order valence-electron chi connectivity index (χ1n) is 0.698. The van der Waals surface area contributed by atoms with Gasteiger partial charge in [-0.25, -0.2) is 0 Å². The molecular formula is H9NO4S3. The zero-order valence-corrected chi connectivity index (χ0v) is 6.64. The molecular weight excluding hydrogens is 174 g/mol. The fourth-order valence-electron chi connectivity index (χ4n) is 0. The van der Waals surface area contributed by atoms with Gasteiger partial charge in [0.05, 0.1) is 0 Å². The third-order valence-corrected chi connectivity index (χ3v) is 0. The summed E-state index contributed by atoms with van der Waals surface area (Å²) in [5.41, 5.74) is 0. The molecule has 0 bridgehead atoms. The Labute approximate surface area is 61.5 Å². The van der Waals surface area contributed by atoms with Gasteiger partial charge in [-0.3, -0.25) is 9.11 Å². The van der Waals surface area contributed by atoms with Crippen molar-refractivity contribution in [2.45, 2.75) is 0 Å². The van der Waals surface area contributed by atoms with Crippen LogP contribution in [0.5, 0.6) is 0 Å². The number of rotatable bonds is 0. The molecule has 0 atom stereocenters. The topological polar surface area (TPSA) is 110 Å². The van der Waals surface area contributed by atoms with Gasteiger partial charge in [0.1, 0.15) is 0 Å². The molecule has 0 saturated carbocycles. The largest absolute Gasteiger partial charge is 0.394 e. The average molecular weight is 183 g/mol. The van der Waals surface area contributed by atoms with Gasteiger partial charge in [-0.1, -0.05) is 0 Å². The minimum atomic E-state index is -4.67. The predicted molar refractivity (Wildman–Crippen MR) is 40.0 cm³/mol. The van der Waals surface area contributed by atoms with E-state index in [1.165, 1.54) is 0 Å². The van der Waals surface area contributed by atoms with Gasteiger partial charge in [0.15, 0.2) is 0 Å². The van der Waals surface area contributed by atoms with Gasteiger partial charge in [-0.2, -0.15) is 35.4 Å². The first-order valence-corrected chi connectivity index (χ1v) is 2.10. The van der Waals surface area contributed by atoms with Gasteiger partial charge < -0.3 is 6.15 Å². The molecule has 0 aromatic carbocycles. The van der Waals surface area contributed by atoms with E-state index in [9.17, 15) is 0 Å². The van der Waals surface area contributed by atoms with Crippen LogP contribution in [0, 0.1) is 0 Å². The van der Waals surface area contributed by atoms with Crippen LogP contribution in [-0.2, 0) is 10.4 Å². The molecule has 5 nitrogen and oxygen atoms in total. The monoisotopic (exact) mass is 183 g/mol. The molecule has 0 aliphatic carbocycles. The summed E-state index contributed by atoms with van der Waals surface area (Å²) in [7, 11) is -4.67. The predicted octanol–water partition coefficient (Wildman–Crippen LogP) is -0.265. The van der Waals surface area contributed by atoms with Crippen molar-refractivity contribution in [1.82, 2.24) is 6.15 Å². The van der Waals surface area contributed by atoms with Crippen LogP contribution in [0.4, 0.5) is 0 Å². The fraction of sp³-hybridized carbons (Fsp3) is 0. The highest BCUT2D eigenvalue weighted by molar-refractivity contribution is 7.79. The van der Waals surface area contributed by atoms with E-state index >= 15 is 0 Å². The molecule has 8 heteroatoms. The summed E-state index contributed by atoms with van der Waals surface area (Å²) < 4.78 is 31.6. The van der Waals surface area contributed by atoms with Crippen LogP contribution in [0.2, 0.25) is 0 Å². The molecule has 0 saturated heterocycles. The first kappa shape index (κ1) is 23.6. The normalized spacial score (nSPS) is 7.25. The van der Waals surface area contributed by atoms with E-state index in [2.05, 4.69) is 0 Å². The molecule has 0 aliphatic rings. The molecule has 0 amide bonds. The summed E-state index contributed by atoms with van der Waals surface area (Å²) in [4.78, 5) is 0. The summed E-state index contributed by atoms with van der Waals surface area (Å²) >= 11 is 0. The second-order valence-electron chi connectivity index (χ2n) is 0.448. The van der Waals surface area contributed by atoms with Crippen LogP contribution in [0.25, 0.3) is 0 Å². The molecule has 0 rings (SSSR count). The molecule has 0 fully saturated rings. The molecule has 0 heterocycles. The second kappa shape index (κ2) is 7.53. The van der Waals surface area contributed by atoms with Crippen LogP contribution in [0.1, 0.15) is 0 Å². The molecule has 0 unspecified atom stereocenters. The van der Waals surface area contributed by atoms with E-state index in [1.54, 1.807) is 0 Å². The fourth-order valence-corrected chi connectivity index (χ4v) is 0. The van der Waals surface area contributed by atoms with Crippen molar-refractivity contribution in [3.63, 3.8) is 0 Å². The standard InChI is InChI=1S/H3N.H2O4S.2H2S/c;1-5(2,3)4;;/h1H3;(H2,1,2,3,4);2*1H2. The Kier molecular flexibility index (Phi) is 22.2. The van der Waals surface area contributed by atoms with E-state index in [0.717, 1.165) is 0 Å². The lowest BCUT2D eigenvalue weighted by Gasteiger charge is -1.68. The second-order valence-corrected chi connectivity index (χ2v) is 1.34. The highest BCUT2D eigenvalue weighted by Crippen LogP contribution is 1.59. The SMILES string of the molecule is N.O=S(=O)(O)O.S.S. The van der Waals surface area contributed by atoms with Crippen molar-refractivity contribution in [2.24, 2.45) is 0 Å². The third kappa shape index (κ3) is 711.